The van der Waals surface area contributed by atoms with Crippen molar-refractivity contribution in [3.05, 3.63) is 24.0 Å². The average Bonchev–Trinajstić information content (AvgIpc) is 3.18. The summed E-state index contributed by atoms with van der Waals surface area (Å²) in [6.45, 7) is 0.805. The third kappa shape index (κ3) is 2.18. The van der Waals surface area contributed by atoms with E-state index in [0.29, 0.717) is 23.0 Å². The summed E-state index contributed by atoms with van der Waals surface area (Å²) in [4.78, 5) is 0. The maximum Gasteiger partial charge on any atom is 0.184 e. The van der Waals surface area contributed by atoms with Crippen molar-refractivity contribution in [3.8, 4) is 11.4 Å². The van der Waals surface area contributed by atoms with Crippen LogP contribution in [0.3, 0.4) is 0 Å². The minimum atomic E-state index is -0.325. The van der Waals surface area contributed by atoms with Crippen LogP contribution in [-0.2, 0) is 6.54 Å². The molecule has 0 aliphatic heterocycles. The van der Waals surface area contributed by atoms with Crippen molar-refractivity contribution in [2.45, 2.75) is 32.2 Å². The molecule has 4 rings (SSSR count). The summed E-state index contributed by atoms with van der Waals surface area (Å²) in [6, 6.07) is 4.31. The van der Waals surface area contributed by atoms with E-state index in [9.17, 15) is 4.39 Å². The lowest BCUT2D eigenvalue weighted by Gasteiger charge is -2.21. The van der Waals surface area contributed by atoms with Crippen molar-refractivity contribution >= 4 is 5.69 Å². The topological polar surface area (TPSA) is 69.6 Å². The molecular weight excluding hydrogens is 269 g/mol. The van der Waals surface area contributed by atoms with Crippen LogP contribution in [0.1, 0.15) is 25.7 Å². The Morgan fingerprint density at radius 3 is 2.95 bits per heavy atom. The number of fused-ring (bicyclic) bond motifs is 2. The predicted octanol–water partition coefficient (Wildman–Crippen LogP) is 2.50. The molecule has 110 valence electrons. The predicted molar refractivity (Wildman–Crippen MR) is 76.6 cm³/mol. The third-order valence-electron chi connectivity index (χ3n) is 5.08. The first-order valence-corrected chi connectivity index (χ1v) is 7.52. The molecule has 2 N–H and O–H groups in total. The van der Waals surface area contributed by atoms with E-state index in [1.54, 1.807) is 10.7 Å². The lowest BCUT2D eigenvalue weighted by atomic mass is 9.89. The molecule has 0 spiro atoms. The highest BCUT2D eigenvalue weighted by Gasteiger charge is 2.39. The molecule has 3 unspecified atom stereocenters. The minimum absolute atomic E-state index is 0.325. The Kier molecular flexibility index (Phi) is 2.90. The van der Waals surface area contributed by atoms with Gasteiger partial charge in [-0.1, -0.05) is 6.42 Å². The summed E-state index contributed by atoms with van der Waals surface area (Å²) in [5, 5.41) is 11.9. The van der Waals surface area contributed by atoms with Gasteiger partial charge in [0.1, 0.15) is 5.82 Å². The Hall–Kier alpha value is -1.98. The molecule has 2 bridgehead atoms. The Balaban J connectivity index is 1.63. The van der Waals surface area contributed by atoms with Crippen LogP contribution in [0.5, 0.6) is 0 Å². The van der Waals surface area contributed by atoms with E-state index in [2.05, 4.69) is 15.5 Å². The first-order valence-electron chi connectivity index (χ1n) is 7.52. The minimum Gasteiger partial charge on any atom is -0.398 e. The third-order valence-corrected chi connectivity index (χ3v) is 5.08. The van der Waals surface area contributed by atoms with Gasteiger partial charge in [-0.3, -0.25) is 0 Å². The number of nitrogen functional groups attached to an aromatic ring is 1. The molecule has 1 aromatic heterocycles. The first kappa shape index (κ1) is 12.7. The van der Waals surface area contributed by atoms with Crippen molar-refractivity contribution in [2.75, 3.05) is 5.73 Å². The number of rotatable bonds is 3. The van der Waals surface area contributed by atoms with E-state index in [4.69, 9.17) is 5.73 Å². The number of benzene rings is 1. The fourth-order valence-electron chi connectivity index (χ4n) is 4.06. The largest absolute Gasteiger partial charge is 0.398 e. The van der Waals surface area contributed by atoms with Gasteiger partial charge >= 0.3 is 0 Å². The molecule has 2 aliphatic carbocycles. The van der Waals surface area contributed by atoms with Crippen LogP contribution in [0.15, 0.2) is 18.2 Å². The van der Waals surface area contributed by atoms with E-state index in [-0.39, 0.29) is 5.82 Å². The Labute approximate surface area is 122 Å². The molecule has 2 aromatic rings. The maximum absolute atomic E-state index is 13.5. The summed E-state index contributed by atoms with van der Waals surface area (Å²) >= 11 is 0. The van der Waals surface area contributed by atoms with Crippen molar-refractivity contribution in [2.24, 2.45) is 17.8 Å². The molecule has 2 aliphatic rings. The van der Waals surface area contributed by atoms with Gasteiger partial charge in [-0.25, -0.2) is 9.07 Å². The molecule has 1 aromatic carbocycles. The molecule has 2 saturated carbocycles. The highest BCUT2D eigenvalue weighted by molar-refractivity contribution is 5.71. The van der Waals surface area contributed by atoms with Crippen LogP contribution in [-0.4, -0.2) is 20.2 Å². The van der Waals surface area contributed by atoms with Crippen LogP contribution < -0.4 is 5.73 Å². The molecule has 0 amide bonds. The summed E-state index contributed by atoms with van der Waals surface area (Å²) in [7, 11) is 0. The van der Waals surface area contributed by atoms with E-state index < -0.39 is 0 Å². The number of hydrogen-bond donors (Lipinski definition) is 1. The fourth-order valence-corrected chi connectivity index (χ4v) is 4.06. The van der Waals surface area contributed by atoms with Gasteiger partial charge in [0.2, 0.25) is 0 Å². The van der Waals surface area contributed by atoms with Gasteiger partial charge in [-0.15, -0.1) is 5.10 Å². The van der Waals surface area contributed by atoms with Crippen molar-refractivity contribution < 1.29 is 4.39 Å². The van der Waals surface area contributed by atoms with Gasteiger partial charge in [0.05, 0.1) is 0 Å². The molecular formula is C15H18FN5. The maximum atomic E-state index is 13.5. The van der Waals surface area contributed by atoms with Gasteiger partial charge in [0, 0.05) is 17.8 Å². The Morgan fingerprint density at radius 1 is 1.29 bits per heavy atom. The zero-order valence-electron chi connectivity index (χ0n) is 11.7. The van der Waals surface area contributed by atoms with Gasteiger partial charge in [-0.05, 0) is 65.6 Å². The number of halogens is 1. The van der Waals surface area contributed by atoms with Crippen LogP contribution in [0.4, 0.5) is 10.1 Å². The summed E-state index contributed by atoms with van der Waals surface area (Å²) in [6.07, 6.45) is 5.32. The van der Waals surface area contributed by atoms with Crippen molar-refractivity contribution in [1.82, 2.24) is 20.2 Å². The first-order chi connectivity index (χ1) is 10.2. The molecule has 0 radical (unpaired) electrons. The molecule has 3 atom stereocenters. The van der Waals surface area contributed by atoms with Gasteiger partial charge < -0.3 is 5.73 Å². The monoisotopic (exact) mass is 287 g/mol. The average molecular weight is 287 g/mol. The molecule has 2 fully saturated rings. The summed E-state index contributed by atoms with van der Waals surface area (Å²) < 4.78 is 15.3. The Bertz CT molecular complexity index is 668. The molecule has 6 heteroatoms. The Morgan fingerprint density at radius 2 is 2.19 bits per heavy atom. The lowest BCUT2D eigenvalue weighted by molar-refractivity contribution is 0.284. The molecule has 0 saturated heterocycles. The van der Waals surface area contributed by atoms with Crippen LogP contribution >= 0.6 is 0 Å². The van der Waals surface area contributed by atoms with E-state index in [0.717, 1.165) is 18.4 Å². The summed E-state index contributed by atoms with van der Waals surface area (Å²) in [5.74, 6) is 2.57. The number of nitrogens with zero attached hydrogens (tertiary/aromatic N) is 4. The van der Waals surface area contributed by atoms with Crippen molar-refractivity contribution in [1.29, 1.82) is 0 Å². The van der Waals surface area contributed by atoms with Crippen LogP contribution in [0.2, 0.25) is 0 Å². The smallest absolute Gasteiger partial charge is 0.184 e. The molecule has 1 heterocycles. The number of tetrazole rings is 1. The standard InChI is InChI=1S/C15H18FN5/c16-12-3-4-14(17)13(7-12)15-18-19-20-21(15)8-11-6-9-1-2-10(11)5-9/h3-4,7,9-11H,1-2,5-6,8,17H2. The second-order valence-corrected chi connectivity index (χ2v) is 6.35. The number of nitrogens with two attached hydrogens (primary N) is 1. The quantitative estimate of drug-likeness (QED) is 0.881. The number of aromatic nitrogens is 4. The molecule has 21 heavy (non-hydrogen) atoms. The second-order valence-electron chi connectivity index (χ2n) is 6.35. The number of hydrogen-bond acceptors (Lipinski definition) is 4. The van der Waals surface area contributed by atoms with Gasteiger partial charge in [0.25, 0.3) is 0 Å². The van der Waals surface area contributed by atoms with E-state index >= 15 is 0 Å². The normalized spacial score (nSPS) is 27.4. The van der Waals surface area contributed by atoms with Crippen LogP contribution in [0.25, 0.3) is 11.4 Å². The highest BCUT2D eigenvalue weighted by atomic mass is 19.1. The lowest BCUT2D eigenvalue weighted by Crippen LogP contribution is -2.19. The van der Waals surface area contributed by atoms with Gasteiger partial charge in [0.15, 0.2) is 5.82 Å². The van der Waals surface area contributed by atoms with Crippen LogP contribution in [0, 0.1) is 23.6 Å². The SMILES string of the molecule is Nc1ccc(F)cc1-c1nnnn1CC1CC2CCC1C2. The summed E-state index contributed by atoms with van der Waals surface area (Å²) in [5.41, 5.74) is 7.02. The van der Waals surface area contributed by atoms with E-state index in [1.807, 2.05) is 0 Å². The zero-order chi connectivity index (χ0) is 14.4. The second kappa shape index (κ2) is 4.79. The van der Waals surface area contributed by atoms with Crippen molar-refractivity contribution in [3.63, 3.8) is 0 Å². The zero-order valence-corrected chi connectivity index (χ0v) is 11.7. The fraction of sp³-hybridized carbons (Fsp3) is 0.533. The highest BCUT2D eigenvalue weighted by Crippen LogP contribution is 2.49. The molecule has 5 nitrogen and oxygen atoms in total. The number of anilines is 1. The van der Waals surface area contributed by atoms with Gasteiger partial charge in [-0.2, -0.15) is 0 Å². The van der Waals surface area contributed by atoms with E-state index in [1.165, 1.54) is 37.8 Å².